The summed E-state index contributed by atoms with van der Waals surface area (Å²) in [5.74, 6) is -0.190. The van der Waals surface area contributed by atoms with Crippen molar-refractivity contribution in [3.63, 3.8) is 0 Å². The van der Waals surface area contributed by atoms with Crippen molar-refractivity contribution in [2.45, 2.75) is 6.54 Å². The van der Waals surface area contributed by atoms with Crippen LogP contribution in [0.3, 0.4) is 0 Å². The summed E-state index contributed by atoms with van der Waals surface area (Å²) in [5, 5.41) is 14.9. The highest BCUT2D eigenvalue weighted by atomic mass is 35.5. The summed E-state index contributed by atoms with van der Waals surface area (Å²) in [5.41, 5.74) is 7.45. The lowest BCUT2D eigenvalue weighted by molar-refractivity contribution is 0.0951. The average molecular weight is 304 g/mol. The largest absolute Gasteiger partial charge is 0.409 e. The van der Waals surface area contributed by atoms with Gasteiger partial charge in [0.2, 0.25) is 0 Å². The minimum atomic E-state index is -0.216. The van der Waals surface area contributed by atoms with E-state index in [1.807, 2.05) is 6.07 Å². The van der Waals surface area contributed by atoms with Gasteiger partial charge in [-0.25, -0.2) is 0 Å². The van der Waals surface area contributed by atoms with Crippen LogP contribution in [0.1, 0.15) is 21.5 Å². The zero-order valence-corrected chi connectivity index (χ0v) is 11.8. The molecule has 0 spiro atoms. The Morgan fingerprint density at radius 3 is 2.62 bits per heavy atom. The fourth-order valence-corrected chi connectivity index (χ4v) is 2.00. The summed E-state index contributed by atoms with van der Waals surface area (Å²) in [4.78, 5) is 12.0. The zero-order chi connectivity index (χ0) is 15.2. The number of amides is 1. The molecule has 2 rings (SSSR count). The fourth-order valence-electron chi connectivity index (χ4n) is 1.81. The Bertz CT molecular complexity index is 686. The van der Waals surface area contributed by atoms with Crippen LogP contribution in [0.15, 0.2) is 53.7 Å². The van der Waals surface area contributed by atoms with Crippen LogP contribution in [0.4, 0.5) is 0 Å². The van der Waals surface area contributed by atoms with E-state index in [1.165, 1.54) is 0 Å². The van der Waals surface area contributed by atoms with Gasteiger partial charge < -0.3 is 16.3 Å². The van der Waals surface area contributed by atoms with E-state index >= 15 is 0 Å². The average Bonchev–Trinajstić information content (AvgIpc) is 2.52. The van der Waals surface area contributed by atoms with Crippen LogP contribution in [0.5, 0.6) is 0 Å². The number of nitrogens with one attached hydrogen (secondary N) is 1. The Morgan fingerprint density at radius 1 is 1.19 bits per heavy atom. The molecule has 6 heteroatoms. The Balaban J connectivity index is 2.05. The molecule has 0 saturated heterocycles. The van der Waals surface area contributed by atoms with E-state index in [-0.39, 0.29) is 11.7 Å². The smallest absolute Gasteiger partial charge is 0.251 e. The molecule has 0 saturated carbocycles. The molecule has 0 aliphatic rings. The van der Waals surface area contributed by atoms with Gasteiger partial charge in [-0.2, -0.15) is 0 Å². The number of benzene rings is 2. The lowest BCUT2D eigenvalue weighted by Gasteiger charge is -2.07. The van der Waals surface area contributed by atoms with E-state index in [4.69, 9.17) is 22.5 Å². The Hall–Kier alpha value is -2.53. The van der Waals surface area contributed by atoms with Gasteiger partial charge in [-0.05, 0) is 29.8 Å². The van der Waals surface area contributed by atoms with Gasteiger partial charge in [0.05, 0.1) is 0 Å². The molecule has 0 heterocycles. The van der Waals surface area contributed by atoms with E-state index < -0.39 is 0 Å². The SMILES string of the molecule is NC(=NO)c1cccc(CNC(=O)c2cccc(Cl)c2)c1. The molecule has 0 aliphatic carbocycles. The predicted octanol–water partition coefficient (Wildman–Crippen LogP) is 2.36. The molecule has 1 amide bonds. The lowest BCUT2D eigenvalue weighted by Crippen LogP contribution is -2.23. The number of hydrogen-bond donors (Lipinski definition) is 3. The third kappa shape index (κ3) is 3.97. The number of hydrogen-bond acceptors (Lipinski definition) is 3. The van der Waals surface area contributed by atoms with Crippen molar-refractivity contribution in [1.82, 2.24) is 5.32 Å². The summed E-state index contributed by atoms with van der Waals surface area (Å²) in [6.07, 6.45) is 0. The van der Waals surface area contributed by atoms with Crippen molar-refractivity contribution in [2.24, 2.45) is 10.9 Å². The van der Waals surface area contributed by atoms with Crippen LogP contribution in [0.2, 0.25) is 5.02 Å². The highest BCUT2D eigenvalue weighted by Crippen LogP contribution is 2.11. The Kier molecular flexibility index (Phi) is 4.79. The summed E-state index contributed by atoms with van der Waals surface area (Å²) in [7, 11) is 0. The highest BCUT2D eigenvalue weighted by Gasteiger charge is 2.06. The highest BCUT2D eigenvalue weighted by molar-refractivity contribution is 6.30. The topological polar surface area (TPSA) is 87.7 Å². The van der Waals surface area contributed by atoms with E-state index in [2.05, 4.69) is 10.5 Å². The van der Waals surface area contributed by atoms with Gasteiger partial charge in [-0.1, -0.05) is 41.0 Å². The normalized spacial score (nSPS) is 11.2. The zero-order valence-electron chi connectivity index (χ0n) is 11.1. The number of nitrogens with zero attached hydrogens (tertiary/aromatic N) is 1. The number of rotatable bonds is 4. The van der Waals surface area contributed by atoms with Crippen molar-refractivity contribution in [2.75, 3.05) is 0 Å². The third-order valence-corrected chi connectivity index (χ3v) is 3.11. The molecule has 0 radical (unpaired) electrons. The molecule has 0 bridgehead atoms. The Morgan fingerprint density at radius 2 is 1.90 bits per heavy atom. The van der Waals surface area contributed by atoms with Crippen molar-refractivity contribution in [1.29, 1.82) is 0 Å². The molecule has 21 heavy (non-hydrogen) atoms. The first-order chi connectivity index (χ1) is 10.1. The first-order valence-corrected chi connectivity index (χ1v) is 6.58. The molecule has 0 unspecified atom stereocenters. The van der Waals surface area contributed by atoms with Gasteiger partial charge in [-0.15, -0.1) is 0 Å². The van der Waals surface area contributed by atoms with Crippen LogP contribution >= 0.6 is 11.6 Å². The predicted molar refractivity (Wildman–Crippen MR) is 81.6 cm³/mol. The molecule has 2 aromatic rings. The van der Waals surface area contributed by atoms with E-state index in [0.29, 0.717) is 22.7 Å². The minimum absolute atomic E-state index is 0.0259. The third-order valence-electron chi connectivity index (χ3n) is 2.87. The summed E-state index contributed by atoms with van der Waals surface area (Å²) < 4.78 is 0. The van der Waals surface area contributed by atoms with Gasteiger partial charge in [0.25, 0.3) is 5.91 Å². The van der Waals surface area contributed by atoms with Crippen LogP contribution in [0, 0.1) is 0 Å². The molecule has 0 atom stereocenters. The van der Waals surface area contributed by atoms with Crippen molar-refractivity contribution >= 4 is 23.3 Å². The molecule has 0 aliphatic heterocycles. The quantitative estimate of drug-likeness (QED) is 0.351. The molecule has 0 aromatic heterocycles. The molecule has 5 nitrogen and oxygen atoms in total. The van der Waals surface area contributed by atoms with Gasteiger partial charge >= 0.3 is 0 Å². The van der Waals surface area contributed by atoms with Crippen LogP contribution in [-0.4, -0.2) is 17.0 Å². The van der Waals surface area contributed by atoms with Crippen molar-refractivity contribution in [3.8, 4) is 0 Å². The second kappa shape index (κ2) is 6.76. The summed E-state index contributed by atoms with van der Waals surface area (Å²) in [6, 6.07) is 13.8. The van der Waals surface area contributed by atoms with Crippen LogP contribution in [0.25, 0.3) is 0 Å². The molecule has 4 N–H and O–H groups in total. The number of oxime groups is 1. The molecular formula is C15H14ClN3O2. The first-order valence-electron chi connectivity index (χ1n) is 6.21. The van der Waals surface area contributed by atoms with E-state index in [9.17, 15) is 4.79 Å². The first kappa shape index (κ1) is 14.9. The van der Waals surface area contributed by atoms with Crippen LogP contribution in [-0.2, 0) is 6.54 Å². The van der Waals surface area contributed by atoms with E-state index in [1.54, 1.807) is 42.5 Å². The number of halogens is 1. The second-order valence-electron chi connectivity index (χ2n) is 4.38. The molecular weight excluding hydrogens is 290 g/mol. The number of carbonyl (C=O) groups is 1. The molecule has 108 valence electrons. The van der Waals surface area contributed by atoms with Crippen LogP contribution < -0.4 is 11.1 Å². The van der Waals surface area contributed by atoms with Crippen molar-refractivity contribution in [3.05, 3.63) is 70.2 Å². The standard InChI is InChI=1S/C15H14ClN3O2/c16-13-6-2-5-12(8-13)15(20)18-9-10-3-1-4-11(7-10)14(17)19-21/h1-8,21H,9H2,(H2,17,19)(H,18,20). The van der Waals surface area contributed by atoms with Gasteiger partial charge in [0, 0.05) is 22.7 Å². The van der Waals surface area contributed by atoms with E-state index in [0.717, 1.165) is 5.56 Å². The fraction of sp³-hybridized carbons (Fsp3) is 0.0667. The van der Waals surface area contributed by atoms with Gasteiger partial charge in [0.15, 0.2) is 5.84 Å². The Labute approximate surface area is 127 Å². The maximum absolute atomic E-state index is 12.0. The summed E-state index contributed by atoms with van der Waals surface area (Å²) >= 11 is 5.85. The maximum atomic E-state index is 12.0. The van der Waals surface area contributed by atoms with Gasteiger partial charge in [0.1, 0.15) is 0 Å². The number of nitrogens with two attached hydrogens (primary N) is 1. The number of amidine groups is 1. The minimum Gasteiger partial charge on any atom is -0.409 e. The monoisotopic (exact) mass is 303 g/mol. The lowest BCUT2D eigenvalue weighted by atomic mass is 10.1. The second-order valence-corrected chi connectivity index (χ2v) is 4.82. The number of carbonyl (C=O) groups excluding carboxylic acids is 1. The van der Waals surface area contributed by atoms with Gasteiger partial charge in [-0.3, -0.25) is 4.79 Å². The summed E-state index contributed by atoms with van der Waals surface area (Å²) in [6.45, 7) is 0.331. The molecule has 2 aromatic carbocycles. The van der Waals surface area contributed by atoms with Crippen molar-refractivity contribution < 1.29 is 10.0 Å². The maximum Gasteiger partial charge on any atom is 0.251 e. The molecule has 0 fully saturated rings.